The van der Waals surface area contributed by atoms with E-state index in [9.17, 15) is 0 Å². The highest BCUT2D eigenvalue weighted by Gasteiger charge is 2.22. The van der Waals surface area contributed by atoms with Crippen molar-refractivity contribution < 1.29 is 4.74 Å². The van der Waals surface area contributed by atoms with Crippen LogP contribution in [0.4, 0.5) is 0 Å². The number of rotatable bonds is 7. The molecule has 1 atom stereocenters. The smallest absolute Gasteiger partial charge is 0.119 e. The van der Waals surface area contributed by atoms with E-state index in [0.717, 1.165) is 25.3 Å². The number of nitrogens with zero attached hydrogens (tertiary/aromatic N) is 3. The van der Waals surface area contributed by atoms with Crippen LogP contribution in [0, 0.1) is 0 Å². The Kier molecular flexibility index (Phi) is 5.53. The predicted molar refractivity (Wildman–Crippen MR) is 96.2 cm³/mol. The molecule has 1 unspecified atom stereocenters. The van der Waals surface area contributed by atoms with E-state index in [2.05, 4.69) is 47.6 Å². The van der Waals surface area contributed by atoms with Crippen molar-refractivity contribution in [1.82, 2.24) is 20.0 Å². The van der Waals surface area contributed by atoms with Gasteiger partial charge in [0.1, 0.15) is 12.4 Å². The van der Waals surface area contributed by atoms with Crippen LogP contribution in [0.2, 0.25) is 0 Å². The monoisotopic (exact) mass is 328 g/mol. The fraction of sp³-hybridized carbons (Fsp3) is 0.526. The molecule has 1 aromatic heterocycles. The number of likely N-dealkylation sites (N-methyl/N-ethyl adjacent to an activating group) is 1. The zero-order chi connectivity index (χ0) is 16.9. The first-order valence-electron chi connectivity index (χ1n) is 8.74. The fourth-order valence-corrected chi connectivity index (χ4v) is 3.25. The highest BCUT2D eigenvalue weighted by molar-refractivity contribution is 5.29. The molecule has 1 heterocycles. The second-order valence-electron chi connectivity index (χ2n) is 6.80. The van der Waals surface area contributed by atoms with Crippen LogP contribution in [0.15, 0.2) is 30.5 Å². The van der Waals surface area contributed by atoms with Gasteiger partial charge in [0.05, 0.1) is 6.20 Å². The molecule has 5 heteroatoms. The second kappa shape index (κ2) is 7.81. The van der Waals surface area contributed by atoms with Crippen molar-refractivity contribution in [2.45, 2.75) is 31.8 Å². The lowest BCUT2D eigenvalue weighted by Gasteiger charge is -2.24. The maximum atomic E-state index is 5.83. The van der Waals surface area contributed by atoms with Crippen LogP contribution >= 0.6 is 0 Å². The molecule has 24 heavy (non-hydrogen) atoms. The molecule has 1 N–H and O–H groups in total. The third-order valence-corrected chi connectivity index (χ3v) is 4.63. The van der Waals surface area contributed by atoms with E-state index in [-0.39, 0.29) is 0 Å². The van der Waals surface area contributed by atoms with Crippen molar-refractivity contribution in [2.24, 2.45) is 7.05 Å². The molecule has 1 aliphatic carbocycles. The number of hydrogen-bond donors (Lipinski definition) is 1. The molecule has 0 saturated carbocycles. The number of fused-ring (bicyclic) bond motifs is 1. The van der Waals surface area contributed by atoms with E-state index >= 15 is 0 Å². The maximum absolute atomic E-state index is 5.83. The van der Waals surface area contributed by atoms with Crippen LogP contribution in [-0.4, -0.2) is 41.9 Å². The summed E-state index contributed by atoms with van der Waals surface area (Å²) in [6, 6.07) is 8.78. The van der Waals surface area contributed by atoms with E-state index in [1.807, 2.05) is 24.0 Å². The summed E-state index contributed by atoms with van der Waals surface area (Å²) in [4.78, 5) is 2.12. The average molecular weight is 328 g/mol. The zero-order valence-corrected chi connectivity index (χ0v) is 15.0. The molecule has 5 nitrogen and oxygen atoms in total. The summed E-state index contributed by atoms with van der Waals surface area (Å²) in [5.74, 6) is 0.946. The van der Waals surface area contributed by atoms with Gasteiger partial charge in [-0.25, -0.2) is 0 Å². The zero-order valence-electron chi connectivity index (χ0n) is 15.0. The lowest BCUT2D eigenvalue weighted by atomic mass is 9.93. The fourth-order valence-electron chi connectivity index (χ4n) is 3.25. The quantitative estimate of drug-likeness (QED) is 0.848. The maximum Gasteiger partial charge on any atom is 0.119 e. The van der Waals surface area contributed by atoms with Gasteiger partial charge >= 0.3 is 0 Å². The number of nitrogens with one attached hydrogen (secondary N) is 1. The Labute approximate surface area is 144 Å². The molecule has 0 fully saturated rings. The summed E-state index contributed by atoms with van der Waals surface area (Å²) in [6.07, 6.45) is 5.56. The van der Waals surface area contributed by atoms with Gasteiger partial charge in [-0.1, -0.05) is 12.1 Å². The molecule has 0 radical (unpaired) electrons. The Morgan fingerprint density at radius 2 is 2.25 bits per heavy atom. The Bertz CT molecular complexity index is 665. The van der Waals surface area contributed by atoms with E-state index < -0.39 is 0 Å². The van der Waals surface area contributed by atoms with Crippen molar-refractivity contribution in [2.75, 3.05) is 27.2 Å². The summed E-state index contributed by atoms with van der Waals surface area (Å²) in [5.41, 5.74) is 4.00. The minimum absolute atomic E-state index is 0.403. The van der Waals surface area contributed by atoms with Crippen molar-refractivity contribution >= 4 is 0 Å². The standard InChI is InChI=1S/C19H28N4O/c1-22(2)10-11-24-16-7-4-6-15(12-16)13-20-18-8-5-9-19-17(18)14-21-23(19)3/h4,6-7,12,14,18,20H,5,8-11,13H2,1-3H3. The van der Waals surface area contributed by atoms with Crippen molar-refractivity contribution in [3.63, 3.8) is 0 Å². The van der Waals surface area contributed by atoms with Crippen LogP contribution in [0.25, 0.3) is 0 Å². The highest BCUT2D eigenvalue weighted by atomic mass is 16.5. The first-order chi connectivity index (χ1) is 11.6. The molecule has 0 bridgehead atoms. The van der Waals surface area contributed by atoms with Crippen LogP contribution in [0.3, 0.4) is 0 Å². The molecular formula is C19H28N4O. The van der Waals surface area contributed by atoms with Gasteiger partial charge in [0.15, 0.2) is 0 Å². The summed E-state index contributed by atoms with van der Waals surface area (Å²) in [7, 11) is 6.15. The van der Waals surface area contributed by atoms with Crippen LogP contribution in [-0.2, 0) is 20.0 Å². The van der Waals surface area contributed by atoms with Gasteiger partial charge in [0.25, 0.3) is 0 Å². The Hall–Kier alpha value is -1.85. The van der Waals surface area contributed by atoms with E-state index in [1.165, 1.54) is 29.7 Å². The minimum atomic E-state index is 0.403. The molecule has 0 saturated heterocycles. The number of benzene rings is 1. The first kappa shape index (κ1) is 17.0. The van der Waals surface area contributed by atoms with Gasteiger partial charge in [0.2, 0.25) is 0 Å². The molecule has 0 spiro atoms. The number of aromatic nitrogens is 2. The topological polar surface area (TPSA) is 42.3 Å². The molecule has 130 valence electrons. The molecular weight excluding hydrogens is 300 g/mol. The van der Waals surface area contributed by atoms with Crippen molar-refractivity contribution in [3.05, 3.63) is 47.3 Å². The van der Waals surface area contributed by atoms with Crippen molar-refractivity contribution in [1.29, 1.82) is 0 Å². The average Bonchev–Trinajstić information content (AvgIpc) is 2.95. The van der Waals surface area contributed by atoms with Crippen molar-refractivity contribution in [3.8, 4) is 5.75 Å². The van der Waals surface area contributed by atoms with Gasteiger partial charge in [-0.15, -0.1) is 0 Å². The Morgan fingerprint density at radius 3 is 3.08 bits per heavy atom. The summed E-state index contributed by atoms with van der Waals surface area (Å²) in [5, 5.41) is 8.11. The lowest BCUT2D eigenvalue weighted by Crippen LogP contribution is -2.25. The van der Waals surface area contributed by atoms with Gasteiger partial charge in [-0.2, -0.15) is 5.10 Å². The summed E-state index contributed by atoms with van der Waals surface area (Å²) in [6.45, 7) is 2.49. The Morgan fingerprint density at radius 1 is 1.38 bits per heavy atom. The van der Waals surface area contributed by atoms with Gasteiger partial charge < -0.3 is 15.0 Å². The Balaban J connectivity index is 1.57. The summed E-state index contributed by atoms with van der Waals surface area (Å²) >= 11 is 0. The van der Waals surface area contributed by atoms with Crippen LogP contribution in [0.5, 0.6) is 5.75 Å². The SMILES string of the molecule is CN(C)CCOc1cccc(CNC2CCCc3c2cnn3C)c1. The van der Waals surface area contributed by atoms with E-state index in [1.54, 1.807) is 0 Å². The van der Waals surface area contributed by atoms with Gasteiger partial charge in [0, 0.05) is 37.4 Å². The predicted octanol–water partition coefficient (Wildman–Crippen LogP) is 2.53. The number of hydrogen-bond acceptors (Lipinski definition) is 4. The third kappa shape index (κ3) is 4.16. The normalized spacial score (nSPS) is 17.1. The van der Waals surface area contributed by atoms with Gasteiger partial charge in [-0.05, 0) is 51.1 Å². The largest absolute Gasteiger partial charge is 0.492 e. The molecule has 2 aromatic rings. The van der Waals surface area contributed by atoms with E-state index in [0.29, 0.717) is 12.6 Å². The molecule has 3 rings (SSSR count). The molecule has 0 aliphatic heterocycles. The number of ether oxygens (including phenoxy) is 1. The minimum Gasteiger partial charge on any atom is -0.492 e. The van der Waals surface area contributed by atoms with Gasteiger partial charge in [-0.3, -0.25) is 4.68 Å². The summed E-state index contributed by atoms with van der Waals surface area (Å²) < 4.78 is 7.84. The molecule has 1 aromatic carbocycles. The molecule has 0 amide bonds. The van der Waals surface area contributed by atoms with E-state index in [4.69, 9.17) is 4.74 Å². The number of aryl methyl sites for hydroxylation is 1. The van der Waals surface area contributed by atoms with Crippen LogP contribution < -0.4 is 10.1 Å². The van der Waals surface area contributed by atoms with Crippen LogP contribution in [0.1, 0.15) is 35.7 Å². The molecule has 1 aliphatic rings. The second-order valence-corrected chi connectivity index (χ2v) is 6.80. The first-order valence-corrected chi connectivity index (χ1v) is 8.74. The lowest BCUT2D eigenvalue weighted by molar-refractivity contribution is 0.261. The third-order valence-electron chi connectivity index (χ3n) is 4.63. The highest BCUT2D eigenvalue weighted by Crippen LogP contribution is 2.29.